The quantitative estimate of drug-likeness (QED) is 0.579. The molecule has 1 heterocycles. The maximum Gasteiger partial charge on any atom is 0.292 e. The highest BCUT2D eigenvalue weighted by molar-refractivity contribution is 5.36. The normalized spacial score (nSPS) is 21.4. The van der Waals surface area contributed by atoms with Crippen molar-refractivity contribution in [3.63, 3.8) is 0 Å². The highest BCUT2D eigenvalue weighted by atomic mass is 16.5. The molecule has 3 heteroatoms. The van der Waals surface area contributed by atoms with Gasteiger partial charge in [-0.1, -0.05) is 53.7 Å². The second kappa shape index (κ2) is 22.4. The summed E-state index contributed by atoms with van der Waals surface area (Å²) in [6, 6.07) is 0. The monoisotopic (exact) mass is 273 g/mol. The summed E-state index contributed by atoms with van der Waals surface area (Å²) < 4.78 is 3.86. The van der Waals surface area contributed by atoms with Crippen molar-refractivity contribution < 1.29 is 9.53 Å². The Morgan fingerprint density at radius 1 is 0.947 bits per heavy atom. The first-order valence-electron chi connectivity index (χ1n) is 7.70. The number of fused-ring (bicyclic) bond motifs is 1. The molecule has 1 aliphatic heterocycles. The fourth-order valence-electron chi connectivity index (χ4n) is 1.88. The smallest absolute Gasteiger partial charge is 0.292 e. The first-order chi connectivity index (χ1) is 9.38. The van der Waals surface area contributed by atoms with Crippen LogP contribution in [0.25, 0.3) is 0 Å². The largest absolute Gasteiger partial charge is 0.471 e. The predicted octanol–water partition coefficient (Wildman–Crippen LogP) is 4.04. The summed E-state index contributed by atoms with van der Waals surface area (Å²) in [6.45, 7) is 14.9. The van der Waals surface area contributed by atoms with Gasteiger partial charge in [0.25, 0.3) is 6.47 Å². The zero-order valence-electron chi connectivity index (χ0n) is 14.0. The minimum Gasteiger partial charge on any atom is -0.471 e. The van der Waals surface area contributed by atoms with Crippen molar-refractivity contribution in [1.29, 1.82) is 0 Å². The molecule has 1 fully saturated rings. The summed E-state index contributed by atoms with van der Waals surface area (Å²) in [6.07, 6.45) is 7.29. The molecule has 1 saturated heterocycles. The highest BCUT2D eigenvalue weighted by Crippen LogP contribution is 2.27. The molecule has 0 aromatic heterocycles. The fourth-order valence-corrected chi connectivity index (χ4v) is 1.88. The van der Waals surface area contributed by atoms with E-state index in [0.29, 0.717) is 6.47 Å². The Balaban J connectivity index is -0.000000220. The number of nitrogens with one attached hydrogen (secondary N) is 1. The molecular weight excluding hydrogens is 238 g/mol. The summed E-state index contributed by atoms with van der Waals surface area (Å²) in [7, 11) is 1.31. The van der Waals surface area contributed by atoms with Crippen molar-refractivity contribution in [2.45, 2.75) is 54.4 Å². The van der Waals surface area contributed by atoms with Gasteiger partial charge in [-0.05, 0) is 37.8 Å². The minimum atomic E-state index is 0.375. The van der Waals surface area contributed by atoms with Gasteiger partial charge in [0.05, 0.1) is 7.11 Å². The van der Waals surface area contributed by atoms with Crippen molar-refractivity contribution >= 4 is 6.47 Å². The first kappa shape index (κ1) is 23.3. The zero-order chi connectivity index (χ0) is 15.5. The molecule has 1 N–H and O–H groups in total. The molecular formula is C16H35NO2. The molecule has 1 aliphatic carbocycles. The molecule has 0 spiro atoms. The fraction of sp³-hybridized carbons (Fsp3) is 0.812. The summed E-state index contributed by atoms with van der Waals surface area (Å²) in [5.74, 6) is 1.94. The van der Waals surface area contributed by atoms with Gasteiger partial charge < -0.3 is 10.1 Å². The molecule has 0 amide bonds. The molecule has 0 aromatic carbocycles. The van der Waals surface area contributed by atoms with Crippen LogP contribution in [-0.2, 0) is 9.53 Å². The van der Waals surface area contributed by atoms with Gasteiger partial charge in [-0.25, -0.2) is 0 Å². The van der Waals surface area contributed by atoms with Crippen molar-refractivity contribution in [3.8, 4) is 0 Å². The molecule has 0 aromatic rings. The number of allylic oxidation sites excluding steroid dienone is 2. The van der Waals surface area contributed by atoms with Gasteiger partial charge in [0.1, 0.15) is 0 Å². The number of carbonyl (C=O) groups excluding carboxylic acids is 1. The van der Waals surface area contributed by atoms with E-state index >= 15 is 0 Å². The second-order valence-electron chi connectivity index (χ2n) is 3.45. The number of carbonyl (C=O) groups is 1. The number of hydrogen-bond acceptors (Lipinski definition) is 3. The van der Waals surface area contributed by atoms with E-state index in [-0.39, 0.29) is 0 Å². The van der Waals surface area contributed by atoms with Gasteiger partial charge in [-0.2, -0.15) is 0 Å². The van der Waals surface area contributed by atoms with Crippen LogP contribution in [0.4, 0.5) is 0 Å². The first-order valence-corrected chi connectivity index (χ1v) is 7.70. The lowest BCUT2D eigenvalue weighted by atomic mass is 9.86. The molecule has 2 atom stereocenters. The Kier molecular flexibility index (Phi) is 27.4. The van der Waals surface area contributed by atoms with Crippen LogP contribution < -0.4 is 5.32 Å². The maximum absolute atomic E-state index is 8.95. The van der Waals surface area contributed by atoms with E-state index in [9.17, 15) is 0 Å². The van der Waals surface area contributed by atoms with Crippen molar-refractivity contribution in [1.82, 2.24) is 5.32 Å². The molecule has 0 radical (unpaired) electrons. The predicted molar refractivity (Wildman–Crippen MR) is 85.3 cm³/mol. The molecule has 116 valence electrons. The van der Waals surface area contributed by atoms with Crippen molar-refractivity contribution in [2.24, 2.45) is 11.8 Å². The Bertz CT molecular complexity index is 168. The number of methoxy groups -OCH3 is 1. The van der Waals surface area contributed by atoms with Crippen LogP contribution >= 0.6 is 0 Å². The Morgan fingerprint density at radius 2 is 1.26 bits per heavy atom. The number of hydrogen-bond donors (Lipinski definition) is 1. The third-order valence-electron chi connectivity index (χ3n) is 2.62. The lowest BCUT2D eigenvalue weighted by molar-refractivity contribution is -0.126. The molecule has 2 unspecified atom stereocenters. The van der Waals surface area contributed by atoms with Crippen LogP contribution in [0.15, 0.2) is 12.2 Å². The molecule has 2 rings (SSSR count). The van der Waals surface area contributed by atoms with Crippen LogP contribution in [0.3, 0.4) is 0 Å². The zero-order valence-corrected chi connectivity index (χ0v) is 14.0. The lowest BCUT2D eigenvalue weighted by Crippen LogP contribution is -2.13. The summed E-state index contributed by atoms with van der Waals surface area (Å²) >= 11 is 0. The van der Waals surface area contributed by atoms with Crippen LogP contribution in [0.5, 0.6) is 0 Å². The number of rotatable bonds is 1. The summed E-state index contributed by atoms with van der Waals surface area (Å²) in [4.78, 5) is 8.95. The van der Waals surface area contributed by atoms with Gasteiger partial charge in [0, 0.05) is 0 Å². The van der Waals surface area contributed by atoms with Crippen LogP contribution in [0.1, 0.15) is 54.4 Å². The van der Waals surface area contributed by atoms with Crippen LogP contribution in [-0.4, -0.2) is 26.7 Å². The average molecular weight is 273 g/mol. The Morgan fingerprint density at radius 3 is 1.53 bits per heavy atom. The third kappa shape index (κ3) is 13.4. The molecule has 19 heavy (non-hydrogen) atoms. The van der Waals surface area contributed by atoms with Gasteiger partial charge in [0.2, 0.25) is 0 Å². The van der Waals surface area contributed by atoms with E-state index in [2.05, 4.69) is 22.2 Å². The van der Waals surface area contributed by atoms with Crippen molar-refractivity contribution in [2.75, 3.05) is 20.2 Å². The highest BCUT2D eigenvalue weighted by Gasteiger charge is 2.26. The standard InChI is InChI=1S/C8H13N.C2H4O2.3C2H6/c1-2-4-8-6-9-5-7(8)3-1;1-4-2-3;3*1-2/h1-2,7-9H,3-6H2;2H,1H3;3*1-2H3. The van der Waals surface area contributed by atoms with Gasteiger partial charge in [-0.3, -0.25) is 4.79 Å². The molecule has 3 nitrogen and oxygen atoms in total. The van der Waals surface area contributed by atoms with E-state index in [4.69, 9.17) is 4.79 Å². The Labute approximate surface area is 120 Å². The van der Waals surface area contributed by atoms with E-state index in [1.807, 2.05) is 41.5 Å². The van der Waals surface area contributed by atoms with Crippen LogP contribution in [0, 0.1) is 11.8 Å². The minimum absolute atomic E-state index is 0.375. The van der Waals surface area contributed by atoms with Gasteiger partial charge >= 0.3 is 0 Å². The lowest BCUT2D eigenvalue weighted by Gasteiger charge is -2.18. The topological polar surface area (TPSA) is 38.3 Å². The second-order valence-corrected chi connectivity index (χ2v) is 3.45. The Hall–Kier alpha value is -0.830. The third-order valence-corrected chi connectivity index (χ3v) is 2.62. The summed E-state index contributed by atoms with van der Waals surface area (Å²) in [5.41, 5.74) is 0. The average Bonchev–Trinajstić information content (AvgIpc) is 3.02. The van der Waals surface area contributed by atoms with E-state index in [0.717, 1.165) is 11.8 Å². The van der Waals surface area contributed by atoms with Gasteiger partial charge in [-0.15, -0.1) is 0 Å². The molecule has 0 saturated carbocycles. The molecule has 2 aliphatic rings. The van der Waals surface area contributed by atoms with E-state index in [1.54, 1.807) is 0 Å². The summed E-state index contributed by atoms with van der Waals surface area (Å²) in [5, 5.41) is 3.42. The SMILES string of the molecule is C1=CCC2CNCC2C1.CC.CC.CC.COC=O. The van der Waals surface area contributed by atoms with Crippen molar-refractivity contribution in [3.05, 3.63) is 12.2 Å². The van der Waals surface area contributed by atoms with Gasteiger partial charge in [0.15, 0.2) is 0 Å². The van der Waals surface area contributed by atoms with E-state index < -0.39 is 0 Å². The molecule has 0 bridgehead atoms. The number of ether oxygens (including phenoxy) is 1. The van der Waals surface area contributed by atoms with E-state index in [1.165, 1.54) is 33.0 Å². The maximum atomic E-state index is 8.95. The van der Waals surface area contributed by atoms with Crippen LogP contribution in [0.2, 0.25) is 0 Å².